The van der Waals surface area contributed by atoms with Gasteiger partial charge in [-0.2, -0.15) is 0 Å². The maximum Gasteiger partial charge on any atom is 0.254 e. The smallest absolute Gasteiger partial charge is 0.254 e. The molecule has 142 valence electrons. The van der Waals surface area contributed by atoms with Crippen molar-refractivity contribution in [3.8, 4) is 0 Å². The summed E-state index contributed by atoms with van der Waals surface area (Å²) in [5.74, 6) is 0.555. The molecule has 1 fully saturated rings. The fourth-order valence-electron chi connectivity index (χ4n) is 4.99. The van der Waals surface area contributed by atoms with Gasteiger partial charge in [-0.1, -0.05) is 6.07 Å². The summed E-state index contributed by atoms with van der Waals surface area (Å²) in [6.07, 6.45) is 6.75. The maximum absolute atomic E-state index is 13.4. The predicted molar refractivity (Wildman–Crippen MR) is 111 cm³/mol. The zero-order valence-electron chi connectivity index (χ0n) is 16.3. The minimum atomic E-state index is 0.131. The Bertz CT molecular complexity index is 1100. The highest BCUT2D eigenvalue weighted by Gasteiger charge is 2.41. The Labute approximate surface area is 164 Å². The van der Waals surface area contributed by atoms with Crippen LogP contribution in [-0.4, -0.2) is 46.6 Å². The van der Waals surface area contributed by atoms with Crippen molar-refractivity contribution in [3.63, 3.8) is 0 Å². The molecule has 1 amide bonds. The number of aryl methyl sites for hydroxylation is 1. The van der Waals surface area contributed by atoms with E-state index in [1.165, 1.54) is 22.3 Å². The first-order chi connectivity index (χ1) is 13.7. The highest BCUT2D eigenvalue weighted by Crippen LogP contribution is 2.43. The van der Waals surface area contributed by atoms with Gasteiger partial charge in [0.15, 0.2) is 0 Å². The number of rotatable bonds is 2. The number of hydrogen-bond donors (Lipinski definition) is 1. The van der Waals surface area contributed by atoms with Crippen LogP contribution in [0.5, 0.6) is 0 Å². The first-order valence-electron chi connectivity index (χ1n) is 9.95. The second kappa shape index (κ2) is 6.59. The monoisotopic (exact) mass is 372 g/mol. The lowest BCUT2D eigenvalue weighted by atomic mass is 9.87. The number of nitrogens with one attached hydrogen (secondary N) is 1. The summed E-state index contributed by atoms with van der Waals surface area (Å²) >= 11 is 0. The fraction of sp³-hybridized carbons (Fsp3) is 0.348. The average molecular weight is 372 g/mol. The van der Waals surface area contributed by atoms with Crippen molar-refractivity contribution >= 4 is 23.2 Å². The van der Waals surface area contributed by atoms with Crippen molar-refractivity contribution in [1.82, 2.24) is 14.9 Å². The molecule has 28 heavy (non-hydrogen) atoms. The zero-order valence-corrected chi connectivity index (χ0v) is 16.3. The number of likely N-dealkylation sites (tertiary alicyclic amines) is 1. The normalized spacial score (nSPS) is 21.3. The van der Waals surface area contributed by atoms with Crippen LogP contribution in [0.2, 0.25) is 0 Å². The molecule has 1 aromatic heterocycles. The SMILES string of the molecule is CN=Cc1cc2c(cc1C)CC1C2CCCN1C(=O)c1ccc2nc[nH]c2c1. The van der Waals surface area contributed by atoms with Crippen LogP contribution >= 0.6 is 0 Å². The third-order valence-electron chi connectivity index (χ3n) is 6.33. The molecule has 2 atom stereocenters. The molecule has 2 aromatic carbocycles. The number of carbonyl (C=O) groups excluding carboxylic acids is 1. The van der Waals surface area contributed by atoms with Gasteiger partial charge in [0.05, 0.1) is 17.4 Å². The highest BCUT2D eigenvalue weighted by molar-refractivity contribution is 5.97. The summed E-state index contributed by atoms with van der Waals surface area (Å²) in [6, 6.07) is 10.6. The van der Waals surface area contributed by atoms with Crippen LogP contribution in [0.15, 0.2) is 41.7 Å². The Balaban J connectivity index is 1.48. The molecule has 0 radical (unpaired) electrons. The van der Waals surface area contributed by atoms with Crippen LogP contribution in [-0.2, 0) is 6.42 Å². The van der Waals surface area contributed by atoms with Gasteiger partial charge in [-0.3, -0.25) is 9.79 Å². The lowest BCUT2D eigenvalue weighted by Gasteiger charge is -2.38. The third-order valence-corrected chi connectivity index (χ3v) is 6.33. The van der Waals surface area contributed by atoms with Gasteiger partial charge in [0.25, 0.3) is 5.91 Å². The van der Waals surface area contributed by atoms with Crippen molar-refractivity contribution in [2.45, 2.75) is 38.1 Å². The number of benzene rings is 2. The van der Waals surface area contributed by atoms with Gasteiger partial charge in [-0.05, 0) is 72.7 Å². The lowest BCUT2D eigenvalue weighted by molar-refractivity contribution is 0.0595. The van der Waals surface area contributed by atoms with Gasteiger partial charge in [0.1, 0.15) is 0 Å². The Hall–Kier alpha value is -2.95. The Kier molecular flexibility index (Phi) is 4.04. The molecular weight excluding hydrogens is 348 g/mol. The summed E-state index contributed by atoms with van der Waals surface area (Å²) in [5, 5.41) is 0. The van der Waals surface area contributed by atoms with Gasteiger partial charge in [-0.15, -0.1) is 0 Å². The summed E-state index contributed by atoms with van der Waals surface area (Å²) < 4.78 is 0. The number of fused-ring (bicyclic) bond motifs is 4. The van der Waals surface area contributed by atoms with Crippen LogP contribution in [0.25, 0.3) is 11.0 Å². The number of aromatic nitrogens is 2. The maximum atomic E-state index is 13.4. The lowest BCUT2D eigenvalue weighted by Crippen LogP contribution is -2.46. The molecule has 2 heterocycles. The number of hydrogen-bond acceptors (Lipinski definition) is 3. The number of piperidine rings is 1. The number of aromatic amines is 1. The molecule has 1 N–H and O–H groups in total. The van der Waals surface area contributed by atoms with Gasteiger partial charge >= 0.3 is 0 Å². The van der Waals surface area contributed by atoms with Gasteiger partial charge in [0.2, 0.25) is 0 Å². The molecule has 5 rings (SSSR count). The van der Waals surface area contributed by atoms with E-state index in [0.717, 1.165) is 42.4 Å². The van der Waals surface area contributed by atoms with Gasteiger partial charge in [-0.25, -0.2) is 4.98 Å². The van der Waals surface area contributed by atoms with Crippen LogP contribution in [0, 0.1) is 6.92 Å². The Morgan fingerprint density at radius 3 is 3.07 bits per heavy atom. The van der Waals surface area contributed by atoms with E-state index in [1.807, 2.05) is 31.5 Å². The van der Waals surface area contributed by atoms with E-state index < -0.39 is 0 Å². The average Bonchev–Trinajstić information content (AvgIpc) is 3.31. The van der Waals surface area contributed by atoms with E-state index in [9.17, 15) is 4.79 Å². The summed E-state index contributed by atoms with van der Waals surface area (Å²) in [7, 11) is 1.81. The van der Waals surface area contributed by atoms with Crippen molar-refractivity contribution < 1.29 is 4.79 Å². The van der Waals surface area contributed by atoms with Crippen molar-refractivity contribution in [2.24, 2.45) is 4.99 Å². The zero-order chi connectivity index (χ0) is 19.3. The van der Waals surface area contributed by atoms with Crippen LogP contribution in [0.4, 0.5) is 0 Å². The van der Waals surface area contributed by atoms with Crippen LogP contribution in [0.3, 0.4) is 0 Å². The third kappa shape index (κ3) is 2.65. The molecule has 2 aliphatic rings. The van der Waals surface area contributed by atoms with E-state index in [-0.39, 0.29) is 11.9 Å². The molecule has 1 aliphatic heterocycles. The Morgan fingerprint density at radius 1 is 1.32 bits per heavy atom. The summed E-state index contributed by atoms with van der Waals surface area (Å²) in [6.45, 7) is 2.97. The molecule has 1 saturated heterocycles. The largest absolute Gasteiger partial charge is 0.345 e. The minimum absolute atomic E-state index is 0.131. The van der Waals surface area contributed by atoms with Crippen molar-refractivity contribution in [1.29, 1.82) is 0 Å². The number of H-pyrrole nitrogens is 1. The molecule has 0 bridgehead atoms. The van der Waals surface area contributed by atoms with Crippen molar-refractivity contribution in [2.75, 3.05) is 13.6 Å². The van der Waals surface area contributed by atoms with E-state index in [0.29, 0.717) is 5.92 Å². The predicted octanol–water partition coefficient (Wildman–Crippen LogP) is 3.86. The molecule has 5 nitrogen and oxygen atoms in total. The van der Waals surface area contributed by atoms with Crippen LogP contribution < -0.4 is 0 Å². The quantitative estimate of drug-likeness (QED) is 0.694. The molecule has 1 aliphatic carbocycles. The molecule has 3 aromatic rings. The molecule has 5 heteroatoms. The minimum Gasteiger partial charge on any atom is -0.345 e. The Morgan fingerprint density at radius 2 is 2.21 bits per heavy atom. The first kappa shape index (κ1) is 17.2. The van der Waals surface area contributed by atoms with Gasteiger partial charge in [0, 0.05) is 37.3 Å². The molecule has 0 spiro atoms. The van der Waals surface area contributed by atoms with E-state index in [2.05, 4.69) is 38.9 Å². The number of aliphatic imine (C=N–C) groups is 1. The topological polar surface area (TPSA) is 61.4 Å². The summed E-state index contributed by atoms with van der Waals surface area (Å²) in [5.41, 5.74) is 7.79. The fourth-order valence-corrected chi connectivity index (χ4v) is 4.99. The van der Waals surface area contributed by atoms with E-state index >= 15 is 0 Å². The van der Waals surface area contributed by atoms with E-state index in [4.69, 9.17) is 0 Å². The number of nitrogens with zero attached hydrogens (tertiary/aromatic N) is 3. The summed E-state index contributed by atoms with van der Waals surface area (Å²) in [4.78, 5) is 27.0. The highest BCUT2D eigenvalue weighted by atomic mass is 16.2. The van der Waals surface area contributed by atoms with Gasteiger partial charge < -0.3 is 9.88 Å². The number of amides is 1. The number of carbonyl (C=O) groups is 1. The molecule has 0 saturated carbocycles. The molecule has 2 unspecified atom stereocenters. The number of imidazole rings is 1. The second-order valence-electron chi connectivity index (χ2n) is 7.95. The van der Waals surface area contributed by atoms with Crippen molar-refractivity contribution in [3.05, 3.63) is 64.5 Å². The second-order valence-corrected chi connectivity index (χ2v) is 7.95. The first-order valence-corrected chi connectivity index (χ1v) is 9.95. The van der Waals surface area contributed by atoms with Crippen LogP contribution in [0.1, 0.15) is 51.4 Å². The molecular formula is C23H24N4O. The van der Waals surface area contributed by atoms with E-state index in [1.54, 1.807) is 6.33 Å². The standard InChI is InChI=1S/C23H24N4O/c1-14-8-16-11-22-18(19(16)9-17(14)12-24-2)4-3-7-27(22)23(28)15-5-6-20-21(10-15)26-13-25-20/h5-6,8-10,12-13,18,22H,3-4,7,11H2,1-2H3,(H,25,26).